The van der Waals surface area contributed by atoms with E-state index in [9.17, 15) is 22.4 Å². The van der Waals surface area contributed by atoms with Crippen molar-refractivity contribution < 1.29 is 32.3 Å². The first-order valence-corrected chi connectivity index (χ1v) is 10.4. The predicted molar refractivity (Wildman–Crippen MR) is 118 cm³/mol. The summed E-state index contributed by atoms with van der Waals surface area (Å²) in [5, 5.41) is 12.8. The number of alkyl halides is 2. The second kappa shape index (κ2) is 10.5. The molecule has 1 amide bonds. The molecule has 0 unspecified atom stereocenters. The van der Waals surface area contributed by atoms with Crippen LogP contribution in [0.15, 0.2) is 60.9 Å². The van der Waals surface area contributed by atoms with Gasteiger partial charge in [-0.15, -0.1) is 0 Å². The third-order valence-corrected chi connectivity index (χ3v) is 5.33. The van der Waals surface area contributed by atoms with Gasteiger partial charge in [-0.2, -0.15) is 8.78 Å². The number of nitrogens with one attached hydrogen (secondary N) is 2. The molecule has 0 saturated heterocycles. The fourth-order valence-electron chi connectivity index (χ4n) is 3.68. The minimum absolute atomic E-state index is 0.0124. The van der Waals surface area contributed by atoms with Gasteiger partial charge in [-0.25, -0.2) is 19.2 Å². The highest BCUT2D eigenvalue weighted by atomic mass is 19.3. The van der Waals surface area contributed by atoms with Crippen LogP contribution in [0.1, 0.15) is 27.2 Å². The van der Waals surface area contributed by atoms with E-state index in [1.165, 1.54) is 42.0 Å². The topological polar surface area (TPSA) is 88.4 Å². The third kappa shape index (κ3) is 5.76. The Bertz CT molecular complexity index is 1340. The van der Waals surface area contributed by atoms with Gasteiger partial charge in [0.25, 0.3) is 5.91 Å². The van der Waals surface area contributed by atoms with Crippen LogP contribution in [0.3, 0.4) is 0 Å². The van der Waals surface area contributed by atoms with Crippen molar-refractivity contribution in [3.8, 4) is 5.75 Å². The number of nitrogens with zero attached hydrogens (tertiary/aromatic N) is 2. The number of amides is 1. The van der Waals surface area contributed by atoms with E-state index in [0.29, 0.717) is 24.0 Å². The second-order valence-corrected chi connectivity index (χ2v) is 7.67. The fourth-order valence-corrected chi connectivity index (χ4v) is 3.68. The van der Waals surface area contributed by atoms with Crippen molar-refractivity contribution in [2.75, 3.05) is 0 Å². The number of carbonyl (C=O) groups is 1. The molecular weight excluding hydrogens is 468 g/mol. The molecule has 4 aromatic rings. The number of aromatic nitrogens is 2. The van der Waals surface area contributed by atoms with Gasteiger partial charge in [0.15, 0.2) is 0 Å². The summed E-state index contributed by atoms with van der Waals surface area (Å²) < 4.78 is 58.2. The summed E-state index contributed by atoms with van der Waals surface area (Å²) >= 11 is 0. The second-order valence-electron chi connectivity index (χ2n) is 7.67. The molecule has 0 spiro atoms. The molecular formula is C24H20F4N4O3. The third-order valence-electron chi connectivity index (χ3n) is 5.33. The van der Waals surface area contributed by atoms with Crippen molar-refractivity contribution in [3.63, 3.8) is 0 Å². The van der Waals surface area contributed by atoms with Gasteiger partial charge in [0.05, 0.1) is 18.3 Å². The van der Waals surface area contributed by atoms with E-state index >= 15 is 0 Å². The maximum Gasteiger partial charge on any atom is 0.387 e. The Morgan fingerprint density at radius 2 is 1.83 bits per heavy atom. The highest BCUT2D eigenvalue weighted by Gasteiger charge is 2.15. The Hall–Kier alpha value is -3.96. The van der Waals surface area contributed by atoms with E-state index in [1.807, 2.05) is 0 Å². The molecule has 0 aliphatic carbocycles. The zero-order valence-corrected chi connectivity index (χ0v) is 18.1. The van der Waals surface area contributed by atoms with Crippen molar-refractivity contribution in [2.45, 2.75) is 26.2 Å². The molecule has 2 aromatic carbocycles. The van der Waals surface area contributed by atoms with Crippen molar-refractivity contribution in [3.05, 3.63) is 94.9 Å². The van der Waals surface area contributed by atoms with Gasteiger partial charge in [0.2, 0.25) is 0 Å². The number of ether oxygens (including phenoxy) is 1. The minimum atomic E-state index is -2.90. The normalized spacial score (nSPS) is 11.3. The number of rotatable bonds is 9. The quantitative estimate of drug-likeness (QED) is 0.185. The van der Waals surface area contributed by atoms with Crippen LogP contribution in [0.25, 0.3) is 10.9 Å². The summed E-state index contributed by atoms with van der Waals surface area (Å²) in [6.45, 7) is -2.05. The Labute approximate surface area is 196 Å². The Balaban J connectivity index is 1.57. The number of benzene rings is 2. The molecule has 3 N–H and O–H groups in total. The number of halogens is 4. The van der Waals surface area contributed by atoms with Crippen LogP contribution in [0.5, 0.6) is 5.75 Å². The standard InChI is InChI=1S/C24H20F4N4O3/c25-17-4-3-15(20(26)7-17)12-32-13-16(19-8-21(23(33)31-34)30-11-22(19)32)10-29-9-14-1-5-18(6-2-14)35-24(27)28/h1-8,11,13,24,29,34H,9-10,12H2,(H,31,33). The van der Waals surface area contributed by atoms with Crippen molar-refractivity contribution in [2.24, 2.45) is 0 Å². The van der Waals surface area contributed by atoms with Gasteiger partial charge in [-0.05, 0) is 35.4 Å². The SMILES string of the molecule is O=C(NO)c1cc2c(CNCc3ccc(OC(F)F)cc3)cn(Cc3ccc(F)cc3F)c2cn1. The van der Waals surface area contributed by atoms with E-state index in [2.05, 4.69) is 15.0 Å². The molecule has 0 atom stereocenters. The highest BCUT2D eigenvalue weighted by Crippen LogP contribution is 2.24. The Kier molecular flexibility index (Phi) is 7.28. The van der Waals surface area contributed by atoms with E-state index in [1.54, 1.807) is 22.9 Å². The number of hydroxylamine groups is 1. The number of fused-ring (bicyclic) bond motifs is 1. The number of pyridine rings is 1. The zero-order chi connectivity index (χ0) is 24.9. The van der Waals surface area contributed by atoms with Crippen LogP contribution < -0.4 is 15.5 Å². The lowest BCUT2D eigenvalue weighted by Gasteiger charge is -2.07. The number of hydrogen-bond acceptors (Lipinski definition) is 5. The number of hydrogen-bond donors (Lipinski definition) is 3. The summed E-state index contributed by atoms with van der Waals surface area (Å²) in [4.78, 5) is 15.9. The lowest BCUT2D eigenvalue weighted by molar-refractivity contribution is -0.0498. The van der Waals surface area contributed by atoms with Gasteiger partial charge in [0, 0.05) is 36.3 Å². The zero-order valence-electron chi connectivity index (χ0n) is 18.1. The molecule has 0 bridgehead atoms. The predicted octanol–water partition coefficient (Wildman–Crippen LogP) is 4.37. The molecule has 35 heavy (non-hydrogen) atoms. The molecule has 11 heteroatoms. The van der Waals surface area contributed by atoms with Gasteiger partial charge >= 0.3 is 6.61 Å². The summed E-state index contributed by atoms with van der Waals surface area (Å²) in [6.07, 6.45) is 3.20. The summed E-state index contributed by atoms with van der Waals surface area (Å²) in [5.74, 6) is -2.09. The van der Waals surface area contributed by atoms with Crippen LogP contribution in [0, 0.1) is 11.6 Å². The monoisotopic (exact) mass is 488 g/mol. The van der Waals surface area contributed by atoms with Crippen molar-refractivity contribution in [1.82, 2.24) is 20.3 Å². The van der Waals surface area contributed by atoms with E-state index in [-0.39, 0.29) is 23.6 Å². The van der Waals surface area contributed by atoms with Crippen LogP contribution in [-0.4, -0.2) is 27.3 Å². The van der Waals surface area contributed by atoms with Crippen LogP contribution in [0.2, 0.25) is 0 Å². The number of carbonyl (C=O) groups excluding carboxylic acids is 1. The molecule has 0 fully saturated rings. The van der Waals surface area contributed by atoms with Gasteiger partial charge in [-0.1, -0.05) is 18.2 Å². The first kappa shape index (κ1) is 24.2. The average molecular weight is 488 g/mol. The Morgan fingerprint density at radius 1 is 1.06 bits per heavy atom. The van der Waals surface area contributed by atoms with Crippen molar-refractivity contribution in [1.29, 1.82) is 0 Å². The average Bonchev–Trinajstić information content (AvgIpc) is 3.17. The molecule has 2 aromatic heterocycles. The summed E-state index contributed by atoms with van der Waals surface area (Å²) in [7, 11) is 0. The fraction of sp³-hybridized carbons (Fsp3) is 0.167. The first-order valence-electron chi connectivity index (χ1n) is 10.4. The smallest absolute Gasteiger partial charge is 0.387 e. The molecule has 2 heterocycles. The van der Waals surface area contributed by atoms with Crippen LogP contribution in [0.4, 0.5) is 17.6 Å². The van der Waals surface area contributed by atoms with E-state index in [4.69, 9.17) is 5.21 Å². The van der Waals surface area contributed by atoms with Gasteiger partial charge < -0.3 is 14.6 Å². The molecule has 0 saturated carbocycles. The largest absolute Gasteiger partial charge is 0.435 e. The van der Waals surface area contributed by atoms with Crippen molar-refractivity contribution >= 4 is 16.8 Å². The van der Waals surface area contributed by atoms with Gasteiger partial charge in [-0.3, -0.25) is 10.0 Å². The minimum Gasteiger partial charge on any atom is -0.435 e. The Morgan fingerprint density at radius 3 is 2.51 bits per heavy atom. The molecule has 4 rings (SSSR count). The summed E-state index contributed by atoms with van der Waals surface area (Å²) in [6, 6.07) is 11.0. The lowest BCUT2D eigenvalue weighted by atomic mass is 10.1. The molecule has 182 valence electrons. The van der Waals surface area contributed by atoms with Gasteiger partial charge in [0.1, 0.15) is 23.1 Å². The van der Waals surface area contributed by atoms with Crippen LogP contribution in [-0.2, 0) is 19.6 Å². The highest BCUT2D eigenvalue weighted by molar-refractivity contribution is 5.96. The molecule has 0 radical (unpaired) electrons. The molecule has 0 aliphatic heterocycles. The maximum atomic E-state index is 14.2. The van der Waals surface area contributed by atoms with E-state index in [0.717, 1.165) is 17.2 Å². The van der Waals surface area contributed by atoms with Crippen LogP contribution >= 0.6 is 0 Å². The molecule has 7 nitrogen and oxygen atoms in total. The van der Waals surface area contributed by atoms with E-state index < -0.39 is 24.2 Å². The summed E-state index contributed by atoms with van der Waals surface area (Å²) in [5.41, 5.74) is 3.99. The first-order chi connectivity index (χ1) is 16.8. The molecule has 0 aliphatic rings. The maximum absolute atomic E-state index is 14.2. The lowest BCUT2D eigenvalue weighted by Crippen LogP contribution is -2.19.